The van der Waals surface area contributed by atoms with Gasteiger partial charge in [0, 0.05) is 17.8 Å². The highest BCUT2D eigenvalue weighted by molar-refractivity contribution is 5.92. The van der Waals surface area contributed by atoms with Crippen molar-refractivity contribution >= 4 is 11.6 Å². The maximum atomic E-state index is 12.5. The molecule has 20 heavy (non-hydrogen) atoms. The molecule has 0 aromatic carbocycles. The summed E-state index contributed by atoms with van der Waals surface area (Å²) in [5, 5.41) is 0. The van der Waals surface area contributed by atoms with Crippen LogP contribution in [0.5, 0.6) is 0 Å². The predicted octanol–water partition coefficient (Wildman–Crippen LogP) is 2.29. The van der Waals surface area contributed by atoms with Crippen molar-refractivity contribution in [1.82, 2.24) is 0 Å². The molecule has 0 aliphatic heterocycles. The van der Waals surface area contributed by atoms with E-state index < -0.39 is 11.5 Å². The first-order valence-corrected chi connectivity index (χ1v) is 7.64. The van der Waals surface area contributed by atoms with Crippen molar-refractivity contribution < 1.29 is 9.59 Å². The Balaban J connectivity index is 4.77. The quantitative estimate of drug-likeness (QED) is 0.636. The van der Waals surface area contributed by atoms with Crippen LogP contribution in [-0.4, -0.2) is 24.2 Å². The molecule has 0 aliphatic carbocycles. The van der Waals surface area contributed by atoms with Gasteiger partial charge in [0.1, 0.15) is 5.78 Å². The van der Waals surface area contributed by atoms with E-state index in [4.69, 9.17) is 11.5 Å². The largest absolute Gasteiger partial charge is 0.330 e. The highest BCUT2D eigenvalue weighted by atomic mass is 16.1. The number of Topliss-reactive ketones (excluding diaryl/α,β-unsaturated/α-hetero) is 2. The Bertz CT molecular complexity index is 319. The molecule has 0 aliphatic rings. The number of carbonyl (C=O) groups is 2. The number of hydrogen-bond donors (Lipinski definition) is 2. The molecular weight excluding hydrogens is 252 g/mol. The molecule has 0 aromatic rings. The fraction of sp³-hybridized carbons (Fsp3) is 0.875. The second-order valence-electron chi connectivity index (χ2n) is 7.04. The van der Waals surface area contributed by atoms with E-state index in [2.05, 4.69) is 0 Å². The standard InChI is InChI=1S/C16H32N2O2/c1-11(2)14(18)13(19)10-12(8-6-7-9-17)15(20)16(3,4)5/h11-12,14H,6-10,17-18H2,1-5H3/t12-,14+/m1/s1. The van der Waals surface area contributed by atoms with Gasteiger partial charge in [0.15, 0.2) is 5.78 Å². The summed E-state index contributed by atoms with van der Waals surface area (Å²) in [7, 11) is 0. The minimum atomic E-state index is -0.472. The topological polar surface area (TPSA) is 86.2 Å². The lowest BCUT2D eigenvalue weighted by Crippen LogP contribution is -2.39. The lowest BCUT2D eigenvalue weighted by atomic mass is 9.78. The smallest absolute Gasteiger partial charge is 0.150 e. The number of hydrogen-bond acceptors (Lipinski definition) is 4. The summed E-state index contributed by atoms with van der Waals surface area (Å²) >= 11 is 0. The van der Waals surface area contributed by atoms with Crippen LogP contribution in [0.1, 0.15) is 60.3 Å². The van der Waals surface area contributed by atoms with E-state index in [0.717, 1.165) is 19.3 Å². The van der Waals surface area contributed by atoms with Crippen molar-refractivity contribution in [2.24, 2.45) is 28.7 Å². The second kappa shape index (κ2) is 8.53. The molecule has 0 radical (unpaired) electrons. The average Bonchev–Trinajstić information content (AvgIpc) is 2.34. The van der Waals surface area contributed by atoms with Gasteiger partial charge in [-0.05, 0) is 25.3 Å². The van der Waals surface area contributed by atoms with Gasteiger partial charge < -0.3 is 11.5 Å². The first kappa shape index (κ1) is 19.3. The van der Waals surface area contributed by atoms with Crippen molar-refractivity contribution in [3.63, 3.8) is 0 Å². The third-order valence-electron chi connectivity index (χ3n) is 3.65. The van der Waals surface area contributed by atoms with Crippen LogP contribution in [0.15, 0.2) is 0 Å². The van der Waals surface area contributed by atoms with Crippen LogP contribution in [0, 0.1) is 17.3 Å². The molecular formula is C16H32N2O2. The van der Waals surface area contributed by atoms with Crippen LogP contribution < -0.4 is 11.5 Å². The predicted molar refractivity (Wildman–Crippen MR) is 83.3 cm³/mol. The van der Waals surface area contributed by atoms with Crippen LogP contribution >= 0.6 is 0 Å². The van der Waals surface area contributed by atoms with Gasteiger partial charge >= 0.3 is 0 Å². The Morgan fingerprint density at radius 2 is 1.65 bits per heavy atom. The van der Waals surface area contributed by atoms with E-state index in [1.807, 2.05) is 34.6 Å². The zero-order valence-electron chi connectivity index (χ0n) is 13.7. The first-order chi connectivity index (χ1) is 9.11. The summed E-state index contributed by atoms with van der Waals surface area (Å²) in [6.45, 7) is 10.2. The number of nitrogens with two attached hydrogens (primary N) is 2. The van der Waals surface area contributed by atoms with E-state index >= 15 is 0 Å². The Hall–Kier alpha value is -0.740. The van der Waals surface area contributed by atoms with Gasteiger partial charge in [-0.1, -0.05) is 41.0 Å². The van der Waals surface area contributed by atoms with E-state index in [1.54, 1.807) is 0 Å². The van der Waals surface area contributed by atoms with Crippen LogP contribution in [0.2, 0.25) is 0 Å². The van der Waals surface area contributed by atoms with Gasteiger partial charge in [-0.15, -0.1) is 0 Å². The van der Waals surface area contributed by atoms with Gasteiger partial charge in [-0.25, -0.2) is 0 Å². The lowest BCUT2D eigenvalue weighted by molar-refractivity contribution is -0.134. The molecule has 0 fully saturated rings. The molecule has 4 heteroatoms. The molecule has 0 unspecified atom stereocenters. The second-order valence-corrected chi connectivity index (χ2v) is 7.04. The van der Waals surface area contributed by atoms with Crippen LogP contribution in [-0.2, 0) is 9.59 Å². The fourth-order valence-corrected chi connectivity index (χ4v) is 2.22. The highest BCUT2D eigenvalue weighted by Crippen LogP contribution is 2.26. The van der Waals surface area contributed by atoms with E-state index in [0.29, 0.717) is 6.54 Å². The van der Waals surface area contributed by atoms with Crippen LogP contribution in [0.4, 0.5) is 0 Å². The van der Waals surface area contributed by atoms with Crippen molar-refractivity contribution in [3.05, 3.63) is 0 Å². The zero-order valence-corrected chi connectivity index (χ0v) is 13.7. The maximum Gasteiger partial charge on any atom is 0.150 e. The first-order valence-electron chi connectivity index (χ1n) is 7.64. The van der Waals surface area contributed by atoms with Crippen molar-refractivity contribution in [1.29, 1.82) is 0 Å². The van der Waals surface area contributed by atoms with Crippen LogP contribution in [0.3, 0.4) is 0 Å². The Morgan fingerprint density at radius 3 is 2.05 bits per heavy atom. The molecule has 0 bridgehead atoms. The Labute approximate surface area is 123 Å². The third kappa shape index (κ3) is 6.62. The number of ketones is 2. The summed E-state index contributed by atoms with van der Waals surface area (Å²) < 4.78 is 0. The van der Waals surface area contributed by atoms with E-state index in [1.165, 1.54) is 0 Å². The highest BCUT2D eigenvalue weighted by Gasteiger charge is 2.32. The lowest BCUT2D eigenvalue weighted by Gasteiger charge is -2.25. The summed E-state index contributed by atoms with van der Waals surface area (Å²) in [6, 6.07) is -0.472. The maximum absolute atomic E-state index is 12.5. The monoisotopic (exact) mass is 284 g/mol. The summed E-state index contributed by atoms with van der Waals surface area (Å²) in [4.78, 5) is 24.6. The average molecular weight is 284 g/mol. The molecule has 0 saturated heterocycles. The number of unbranched alkanes of at least 4 members (excludes halogenated alkanes) is 1. The molecule has 0 heterocycles. The SMILES string of the molecule is CC(C)[C@H](N)C(=O)C[C@@H](CCCCN)C(=O)C(C)(C)C. The number of rotatable bonds is 9. The zero-order chi connectivity index (χ0) is 15.9. The molecule has 0 saturated carbocycles. The van der Waals surface area contributed by atoms with Gasteiger partial charge in [-0.3, -0.25) is 9.59 Å². The van der Waals surface area contributed by atoms with Crippen molar-refractivity contribution in [3.8, 4) is 0 Å². The molecule has 4 nitrogen and oxygen atoms in total. The minimum Gasteiger partial charge on any atom is -0.330 e. The molecule has 2 atom stereocenters. The summed E-state index contributed by atoms with van der Waals surface area (Å²) in [5.74, 6) is 0.0324. The van der Waals surface area contributed by atoms with Crippen molar-refractivity contribution in [2.75, 3.05) is 6.54 Å². The van der Waals surface area contributed by atoms with Gasteiger partial charge in [0.05, 0.1) is 6.04 Å². The summed E-state index contributed by atoms with van der Waals surface area (Å²) in [5.41, 5.74) is 11.0. The van der Waals surface area contributed by atoms with Crippen molar-refractivity contribution in [2.45, 2.75) is 66.3 Å². The van der Waals surface area contributed by atoms with E-state index in [-0.39, 0.29) is 29.8 Å². The molecule has 0 spiro atoms. The molecule has 0 amide bonds. The molecule has 0 rings (SSSR count). The Kier molecular flexibility index (Phi) is 8.21. The summed E-state index contributed by atoms with van der Waals surface area (Å²) in [6.07, 6.45) is 2.76. The van der Waals surface area contributed by atoms with Gasteiger partial charge in [0.2, 0.25) is 0 Å². The number of carbonyl (C=O) groups excluding carboxylic acids is 2. The van der Waals surface area contributed by atoms with Gasteiger partial charge in [-0.2, -0.15) is 0 Å². The molecule has 118 valence electrons. The normalized spacial score (nSPS) is 15.2. The fourth-order valence-electron chi connectivity index (χ4n) is 2.22. The minimum absolute atomic E-state index is 0.00431. The third-order valence-corrected chi connectivity index (χ3v) is 3.65. The van der Waals surface area contributed by atoms with E-state index in [9.17, 15) is 9.59 Å². The molecule has 4 N–H and O–H groups in total. The van der Waals surface area contributed by atoms with Crippen LogP contribution in [0.25, 0.3) is 0 Å². The van der Waals surface area contributed by atoms with Gasteiger partial charge in [0.25, 0.3) is 0 Å². The molecule has 0 aromatic heterocycles. The Morgan fingerprint density at radius 1 is 1.10 bits per heavy atom.